The van der Waals surface area contributed by atoms with Crippen LogP contribution in [0.2, 0.25) is 5.02 Å². The number of aromatic nitrogens is 1. The van der Waals surface area contributed by atoms with E-state index in [2.05, 4.69) is 15.1 Å². The lowest BCUT2D eigenvalue weighted by Crippen LogP contribution is -2.27. The molecule has 1 atom stereocenters. The molecule has 8 heteroatoms. The zero-order valence-electron chi connectivity index (χ0n) is 11.2. The van der Waals surface area contributed by atoms with E-state index in [4.69, 9.17) is 17.4 Å². The van der Waals surface area contributed by atoms with Crippen molar-refractivity contribution in [3.8, 4) is 0 Å². The second kappa shape index (κ2) is 6.40. The van der Waals surface area contributed by atoms with E-state index in [1.165, 1.54) is 18.3 Å². The number of rotatable bonds is 5. The summed E-state index contributed by atoms with van der Waals surface area (Å²) in [6.07, 6.45) is 1.24. The maximum Gasteiger partial charge on any atom is 0.242 e. The Bertz CT molecular complexity index is 719. The Labute approximate surface area is 128 Å². The van der Waals surface area contributed by atoms with E-state index in [9.17, 15) is 8.42 Å². The highest BCUT2D eigenvalue weighted by Crippen LogP contribution is 2.20. The van der Waals surface area contributed by atoms with Crippen LogP contribution in [0.15, 0.2) is 47.5 Å². The van der Waals surface area contributed by atoms with E-state index in [1.54, 1.807) is 31.2 Å². The van der Waals surface area contributed by atoms with Gasteiger partial charge in [0.05, 0.1) is 0 Å². The molecule has 0 bridgehead atoms. The fourth-order valence-electron chi connectivity index (χ4n) is 1.77. The van der Waals surface area contributed by atoms with Crippen LogP contribution >= 0.6 is 11.6 Å². The first-order valence-electron chi connectivity index (χ1n) is 6.13. The van der Waals surface area contributed by atoms with Gasteiger partial charge in [0.2, 0.25) is 10.0 Å². The van der Waals surface area contributed by atoms with Crippen LogP contribution < -0.4 is 16.0 Å². The first-order valence-corrected chi connectivity index (χ1v) is 7.99. The number of pyridine rings is 1. The number of nitrogens with zero attached hydrogens (tertiary/aromatic N) is 1. The quantitative estimate of drug-likeness (QED) is 0.577. The van der Waals surface area contributed by atoms with Gasteiger partial charge < -0.3 is 5.43 Å². The molecule has 2 aromatic rings. The van der Waals surface area contributed by atoms with Gasteiger partial charge >= 0.3 is 0 Å². The van der Waals surface area contributed by atoms with Crippen LogP contribution in [-0.4, -0.2) is 13.4 Å². The van der Waals surface area contributed by atoms with Crippen LogP contribution in [0.4, 0.5) is 5.82 Å². The molecule has 0 aliphatic rings. The molecule has 112 valence electrons. The average molecular weight is 327 g/mol. The maximum absolute atomic E-state index is 12.3. The van der Waals surface area contributed by atoms with Crippen LogP contribution in [0.3, 0.4) is 0 Å². The summed E-state index contributed by atoms with van der Waals surface area (Å²) in [5.41, 5.74) is 3.11. The Morgan fingerprint density at radius 2 is 2.05 bits per heavy atom. The van der Waals surface area contributed by atoms with Gasteiger partial charge in [-0.3, -0.25) is 0 Å². The molecule has 1 unspecified atom stereocenters. The molecule has 0 aliphatic carbocycles. The molecule has 1 aromatic carbocycles. The SMILES string of the molecule is CC(NS(=O)(=O)c1ccc(NN)nc1)c1cccc(Cl)c1. The van der Waals surface area contributed by atoms with Crippen LogP contribution in [0.5, 0.6) is 0 Å². The van der Waals surface area contributed by atoms with Crippen molar-refractivity contribution in [3.05, 3.63) is 53.2 Å². The van der Waals surface area contributed by atoms with E-state index in [0.717, 1.165) is 5.56 Å². The molecular formula is C13H15ClN4O2S. The maximum atomic E-state index is 12.3. The zero-order chi connectivity index (χ0) is 15.5. The highest BCUT2D eigenvalue weighted by molar-refractivity contribution is 7.89. The molecule has 0 saturated heterocycles. The number of hydrogen-bond donors (Lipinski definition) is 3. The molecule has 2 rings (SSSR count). The highest BCUT2D eigenvalue weighted by atomic mass is 35.5. The number of nitrogen functional groups attached to an aromatic ring is 1. The Morgan fingerprint density at radius 1 is 1.29 bits per heavy atom. The molecule has 0 radical (unpaired) electrons. The molecule has 6 nitrogen and oxygen atoms in total. The molecule has 0 aliphatic heterocycles. The number of benzene rings is 1. The van der Waals surface area contributed by atoms with Crippen molar-refractivity contribution >= 4 is 27.4 Å². The van der Waals surface area contributed by atoms with Crippen molar-refractivity contribution in [2.75, 3.05) is 5.43 Å². The lowest BCUT2D eigenvalue weighted by molar-refractivity contribution is 0.566. The Hall–Kier alpha value is -1.67. The zero-order valence-corrected chi connectivity index (χ0v) is 12.8. The predicted octanol–water partition coefficient (Wildman–Crippen LogP) is 2.06. The second-order valence-electron chi connectivity index (χ2n) is 4.42. The molecule has 0 fully saturated rings. The first-order chi connectivity index (χ1) is 9.92. The van der Waals surface area contributed by atoms with E-state index in [0.29, 0.717) is 10.8 Å². The van der Waals surface area contributed by atoms with E-state index in [1.807, 2.05) is 0 Å². The van der Waals surface area contributed by atoms with Crippen molar-refractivity contribution in [1.29, 1.82) is 0 Å². The minimum absolute atomic E-state index is 0.0652. The number of hydrogen-bond acceptors (Lipinski definition) is 5. The van der Waals surface area contributed by atoms with Gasteiger partial charge in [0, 0.05) is 17.3 Å². The first kappa shape index (κ1) is 15.7. The van der Waals surface area contributed by atoms with Gasteiger partial charge in [-0.25, -0.2) is 24.0 Å². The number of sulfonamides is 1. The van der Waals surface area contributed by atoms with Crippen molar-refractivity contribution in [2.45, 2.75) is 17.9 Å². The van der Waals surface area contributed by atoms with Gasteiger partial charge in [-0.2, -0.15) is 0 Å². The van der Waals surface area contributed by atoms with Gasteiger partial charge in [-0.1, -0.05) is 23.7 Å². The lowest BCUT2D eigenvalue weighted by atomic mass is 10.1. The van der Waals surface area contributed by atoms with Crippen LogP contribution in [0, 0.1) is 0 Å². The number of hydrazine groups is 1. The second-order valence-corrected chi connectivity index (χ2v) is 6.57. The number of anilines is 1. The standard InChI is InChI=1S/C13H15ClN4O2S/c1-9(10-3-2-4-11(14)7-10)18-21(19,20)12-5-6-13(17-15)16-8-12/h2-9,18H,15H2,1H3,(H,16,17). The molecule has 0 spiro atoms. The summed E-state index contributed by atoms with van der Waals surface area (Å²) in [5.74, 6) is 5.58. The highest BCUT2D eigenvalue weighted by Gasteiger charge is 2.18. The van der Waals surface area contributed by atoms with E-state index < -0.39 is 16.1 Å². The molecule has 0 saturated carbocycles. The predicted molar refractivity (Wildman–Crippen MR) is 82.2 cm³/mol. The Balaban J connectivity index is 2.20. The summed E-state index contributed by atoms with van der Waals surface area (Å²) < 4.78 is 27.1. The Morgan fingerprint density at radius 3 is 2.62 bits per heavy atom. The van der Waals surface area contributed by atoms with Gasteiger partial charge in [0.1, 0.15) is 10.7 Å². The smallest absolute Gasteiger partial charge is 0.242 e. The van der Waals surface area contributed by atoms with E-state index >= 15 is 0 Å². The molecule has 0 amide bonds. The van der Waals surface area contributed by atoms with Gasteiger partial charge in [-0.05, 0) is 36.8 Å². The molecule has 1 heterocycles. The molecular weight excluding hydrogens is 312 g/mol. The molecule has 21 heavy (non-hydrogen) atoms. The number of halogens is 1. The molecule has 1 aromatic heterocycles. The summed E-state index contributed by atoms with van der Waals surface area (Å²) >= 11 is 5.90. The fraction of sp³-hybridized carbons (Fsp3) is 0.154. The number of nitrogens with two attached hydrogens (primary N) is 1. The summed E-state index contributed by atoms with van der Waals surface area (Å²) in [4.78, 5) is 3.95. The van der Waals surface area contributed by atoms with Gasteiger partial charge in [0.15, 0.2) is 0 Å². The van der Waals surface area contributed by atoms with Crippen LogP contribution in [-0.2, 0) is 10.0 Å². The lowest BCUT2D eigenvalue weighted by Gasteiger charge is -2.15. The summed E-state index contributed by atoms with van der Waals surface area (Å²) in [6, 6.07) is 9.52. The monoisotopic (exact) mass is 326 g/mol. The third-order valence-electron chi connectivity index (χ3n) is 2.88. The van der Waals surface area contributed by atoms with Crippen molar-refractivity contribution in [3.63, 3.8) is 0 Å². The number of nitrogens with one attached hydrogen (secondary N) is 2. The normalized spacial score (nSPS) is 12.9. The Kier molecular flexibility index (Phi) is 4.79. The fourth-order valence-corrected chi connectivity index (χ4v) is 3.14. The average Bonchev–Trinajstić information content (AvgIpc) is 2.47. The largest absolute Gasteiger partial charge is 0.308 e. The summed E-state index contributed by atoms with van der Waals surface area (Å²) in [5, 5.41) is 0.554. The van der Waals surface area contributed by atoms with Gasteiger partial charge in [-0.15, -0.1) is 0 Å². The topological polar surface area (TPSA) is 97.1 Å². The van der Waals surface area contributed by atoms with Crippen molar-refractivity contribution in [1.82, 2.24) is 9.71 Å². The van der Waals surface area contributed by atoms with Crippen LogP contribution in [0.1, 0.15) is 18.5 Å². The summed E-state index contributed by atoms with van der Waals surface area (Å²) in [7, 11) is -3.67. The minimum atomic E-state index is -3.67. The van der Waals surface area contributed by atoms with E-state index in [-0.39, 0.29) is 4.90 Å². The summed E-state index contributed by atoms with van der Waals surface area (Å²) in [6.45, 7) is 1.74. The van der Waals surface area contributed by atoms with Gasteiger partial charge in [0.25, 0.3) is 0 Å². The third-order valence-corrected chi connectivity index (χ3v) is 4.64. The third kappa shape index (κ3) is 3.92. The van der Waals surface area contributed by atoms with Crippen LogP contribution in [0.25, 0.3) is 0 Å². The minimum Gasteiger partial charge on any atom is -0.308 e. The van der Waals surface area contributed by atoms with Crippen molar-refractivity contribution in [2.24, 2.45) is 5.84 Å². The molecule has 4 N–H and O–H groups in total. The van der Waals surface area contributed by atoms with Crippen molar-refractivity contribution < 1.29 is 8.42 Å².